The van der Waals surface area contributed by atoms with Crippen LogP contribution in [0.5, 0.6) is 5.75 Å². The number of phenolic OH excluding ortho intramolecular Hbond substituents is 1. The molecule has 1 aliphatic heterocycles. The van der Waals surface area contributed by atoms with Gasteiger partial charge in [-0.25, -0.2) is 15.0 Å². The van der Waals surface area contributed by atoms with E-state index in [0.717, 1.165) is 11.1 Å². The molecule has 0 saturated heterocycles. The Kier molecular flexibility index (Phi) is 5.31. The van der Waals surface area contributed by atoms with E-state index in [0.29, 0.717) is 28.7 Å². The van der Waals surface area contributed by atoms with E-state index in [1.54, 1.807) is 24.4 Å². The molecule has 0 aromatic heterocycles. The van der Waals surface area contributed by atoms with Gasteiger partial charge in [0.15, 0.2) is 0 Å². The summed E-state index contributed by atoms with van der Waals surface area (Å²) in [6.45, 7) is 0. The number of aromatic hydroxyl groups is 1. The Labute approximate surface area is 168 Å². The Morgan fingerprint density at radius 3 is 2.43 bits per heavy atom. The fourth-order valence-electron chi connectivity index (χ4n) is 3.07. The summed E-state index contributed by atoms with van der Waals surface area (Å²) in [5, 5.41) is 10.9. The molecule has 0 bridgehead atoms. The molecular weight excluding hydrogens is 370 g/mol. The Balaban J connectivity index is 1.74. The van der Waals surface area contributed by atoms with Gasteiger partial charge in [-0.3, -0.25) is 0 Å². The average Bonchev–Trinajstić information content (AvgIpc) is 2.75. The van der Waals surface area contributed by atoms with Crippen molar-refractivity contribution >= 4 is 29.5 Å². The maximum atomic E-state index is 10.3. The van der Waals surface area contributed by atoms with Gasteiger partial charge in [0.1, 0.15) is 5.75 Å². The third kappa shape index (κ3) is 4.18. The molecule has 4 rings (SSSR count). The van der Waals surface area contributed by atoms with Crippen molar-refractivity contribution < 1.29 is 5.11 Å². The Morgan fingerprint density at radius 1 is 0.964 bits per heavy atom. The highest BCUT2D eigenvalue weighted by molar-refractivity contribution is 6.31. The highest BCUT2D eigenvalue weighted by atomic mass is 35.5. The lowest BCUT2D eigenvalue weighted by Gasteiger charge is -2.20. The van der Waals surface area contributed by atoms with Gasteiger partial charge in [0.05, 0.1) is 11.8 Å². The summed E-state index contributed by atoms with van der Waals surface area (Å²) in [4.78, 5) is 13.8. The number of halogens is 1. The SMILES string of the molecule is Oc1ccc(Cl)cc1C1=NC(/N=C/c2ccccc2)=NC(c2ccccc2)C1. The molecule has 0 radical (unpaired) electrons. The van der Waals surface area contributed by atoms with Gasteiger partial charge < -0.3 is 5.11 Å². The molecule has 0 aliphatic carbocycles. The number of phenols is 1. The standard InChI is InChI=1S/C23H18ClN3O/c24-18-11-12-22(28)19(13-18)21-14-20(17-9-5-2-6-10-17)26-23(27-21)25-15-16-7-3-1-4-8-16/h1-13,15,20,28H,14H2/b25-15+. The normalized spacial score (nSPS) is 16.7. The van der Waals surface area contributed by atoms with Crippen LogP contribution >= 0.6 is 11.6 Å². The molecule has 1 unspecified atom stereocenters. The highest BCUT2D eigenvalue weighted by Crippen LogP contribution is 2.31. The topological polar surface area (TPSA) is 57.3 Å². The first-order valence-electron chi connectivity index (χ1n) is 8.97. The van der Waals surface area contributed by atoms with E-state index in [4.69, 9.17) is 16.6 Å². The predicted octanol–water partition coefficient (Wildman–Crippen LogP) is 5.45. The maximum absolute atomic E-state index is 10.3. The van der Waals surface area contributed by atoms with Crippen molar-refractivity contribution in [3.8, 4) is 5.75 Å². The molecule has 1 aliphatic rings. The summed E-state index contributed by atoms with van der Waals surface area (Å²) in [6.07, 6.45) is 2.30. The van der Waals surface area contributed by atoms with Crippen molar-refractivity contribution in [1.29, 1.82) is 0 Å². The summed E-state index contributed by atoms with van der Waals surface area (Å²) in [5.41, 5.74) is 3.36. The molecule has 3 aromatic carbocycles. The van der Waals surface area contributed by atoms with E-state index in [-0.39, 0.29) is 11.8 Å². The van der Waals surface area contributed by atoms with E-state index in [9.17, 15) is 5.11 Å². The second kappa shape index (κ2) is 8.19. The molecule has 3 aromatic rings. The van der Waals surface area contributed by atoms with Crippen LogP contribution in [0.1, 0.15) is 29.2 Å². The van der Waals surface area contributed by atoms with E-state index in [2.05, 4.69) is 9.98 Å². The lowest BCUT2D eigenvalue weighted by Crippen LogP contribution is -2.16. The summed E-state index contributed by atoms with van der Waals surface area (Å²) in [5.74, 6) is 0.515. The Morgan fingerprint density at radius 2 is 1.68 bits per heavy atom. The van der Waals surface area contributed by atoms with Gasteiger partial charge in [0, 0.05) is 23.2 Å². The fourth-order valence-corrected chi connectivity index (χ4v) is 3.25. The summed E-state index contributed by atoms with van der Waals surface area (Å²) >= 11 is 6.14. The largest absolute Gasteiger partial charge is 0.507 e. The van der Waals surface area contributed by atoms with Crippen LogP contribution in [0.4, 0.5) is 0 Å². The number of guanidine groups is 1. The van der Waals surface area contributed by atoms with Crippen molar-refractivity contribution in [3.05, 3.63) is 101 Å². The van der Waals surface area contributed by atoms with Crippen LogP contribution in [-0.2, 0) is 0 Å². The van der Waals surface area contributed by atoms with Crippen LogP contribution in [0.2, 0.25) is 5.02 Å². The molecular formula is C23H18ClN3O. The van der Waals surface area contributed by atoms with Crippen molar-refractivity contribution in [3.63, 3.8) is 0 Å². The molecule has 0 saturated carbocycles. The lowest BCUT2D eigenvalue weighted by atomic mass is 9.96. The van der Waals surface area contributed by atoms with E-state index in [1.165, 1.54) is 0 Å². The second-order valence-electron chi connectivity index (χ2n) is 6.45. The Hall–Kier alpha value is -3.24. The zero-order chi connectivity index (χ0) is 19.3. The van der Waals surface area contributed by atoms with Gasteiger partial charge in [-0.1, -0.05) is 72.3 Å². The van der Waals surface area contributed by atoms with E-state index < -0.39 is 0 Å². The monoisotopic (exact) mass is 387 g/mol. The number of benzene rings is 3. The molecule has 4 nitrogen and oxygen atoms in total. The average molecular weight is 388 g/mol. The van der Waals surface area contributed by atoms with Gasteiger partial charge in [-0.2, -0.15) is 0 Å². The first kappa shape index (κ1) is 18.1. The van der Waals surface area contributed by atoms with Gasteiger partial charge in [0.25, 0.3) is 0 Å². The summed E-state index contributed by atoms with van der Waals surface area (Å²) in [6, 6.07) is 24.6. The smallest absolute Gasteiger partial charge is 0.245 e. The molecule has 0 fully saturated rings. The van der Waals surface area contributed by atoms with Gasteiger partial charge in [-0.05, 0) is 29.3 Å². The molecule has 1 atom stereocenters. The summed E-state index contributed by atoms with van der Waals surface area (Å²) in [7, 11) is 0. The number of nitrogens with zero attached hydrogens (tertiary/aromatic N) is 3. The van der Waals surface area contributed by atoms with Gasteiger partial charge in [-0.15, -0.1) is 0 Å². The molecule has 138 valence electrons. The third-order valence-corrected chi connectivity index (χ3v) is 4.71. The predicted molar refractivity (Wildman–Crippen MR) is 115 cm³/mol. The molecule has 1 N–H and O–H groups in total. The van der Waals surface area contributed by atoms with Crippen molar-refractivity contribution in [2.45, 2.75) is 12.5 Å². The molecule has 5 heteroatoms. The van der Waals surface area contributed by atoms with E-state index >= 15 is 0 Å². The quantitative estimate of drug-likeness (QED) is 0.596. The Bertz CT molecular complexity index is 1060. The fraction of sp³-hybridized carbons (Fsp3) is 0.0870. The van der Waals surface area contributed by atoms with Crippen LogP contribution in [0.25, 0.3) is 0 Å². The second-order valence-corrected chi connectivity index (χ2v) is 6.88. The number of rotatable bonds is 3. The highest BCUT2D eigenvalue weighted by Gasteiger charge is 2.22. The number of hydrogen-bond donors (Lipinski definition) is 1. The van der Waals surface area contributed by atoms with Crippen LogP contribution in [0.15, 0.2) is 93.8 Å². The minimum Gasteiger partial charge on any atom is -0.507 e. The third-order valence-electron chi connectivity index (χ3n) is 4.48. The lowest BCUT2D eigenvalue weighted by molar-refractivity contribution is 0.474. The molecule has 28 heavy (non-hydrogen) atoms. The van der Waals surface area contributed by atoms with Crippen LogP contribution in [-0.4, -0.2) is 23.0 Å². The first-order valence-corrected chi connectivity index (χ1v) is 9.35. The minimum atomic E-state index is -0.130. The first-order chi connectivity index (χ1) is 13.7. The maximum Gasteiger partial charge on any atom is 0.245 e. The molecule has 1 heterocycles. The van der Waals surface area contributed by atoms with E-state index in [1.807, 2.05) is 60.7 Å². The van der Waals surface area contributed by atoms with Gasteiger partial charge >= 0.3 is 0 Å². The number of hydrogen-bond acceptors (Lipinski definition) is 4. The summed E-state index contributed by atoms with van der Waals surface area (Å²) < 4.78 is 0. The number of aliphatic imine (C=N–C) groups is 3. The van der Waals surface area contributed by atoms with Gasteiger partial charge in [0.2, 0.25) is 5.96 Å². The van der Waals surface area contributed by atoms with Crippen molar-refractivity contribution in [1.82, 2.24) is 0 Å². The van der Waals surface area contributed by atoms with Crippen molar-refractivity contribution in [2.75, 3.05) is 0 Å². The minimum absolute atomic E-state index is 0.130. The van der Waals surface area contributed by atoms with Crippen LogP contribution in [0.3, 0.4) is 0 Å². The zero-order valence-electron chi connectivity index (χ0n) is 15.0. The van der Waals surface area contributed by atoms with Crippen molar-refractivity contribution in [2.24, 2.45) is 15.0 Å². The molecule has 0 spiro atoms. The zero-order valence-corrected chi connectivity index (χ0v) is 15.8. The molecule has 0 amide bonds. The van der Waals surface area contributed by atoms with Crippen LogP contribution in [0, 0.1) is 0 Å². The van der Waals surface area contributed by atoms with Crippen LogP contribution < -0.4 is 0 Å².